The van der Waals surface area contributed by atoms with Crippen molar-refractivity contribution in [3.05, 3.63) is 47.8 Å². The summed E-state index contributed by atoms with van der Waals surface area (Å²) >= 11 is 0. The number of hydrogen-bond acceptors (Lipinski definition) is 4. The average molecular weight is 351 g/mol. The summed E-state index contributed by atoms with van der Waals surface area (Å²) in [4.78, 5) is 19.7. The van der Waals surface area contributed by atoms with Crippen LogP contribution in [0.1, 0.15) is 22.5 Å². The van der Waals surface area contributed by atoms with Crippen molar-refractivity contribution in [2.24, 2.45) is 7.05 Å². The van der Waals surface area contributed by atoms with E-state index in [1.54, 1.807) is 4.68 Å². The highest BCUT2D eigenvalue weighted by atomic mass is 16.1. The van der Waals surface area contributed by atoms with Crippen molar-refractivity contribution >= 4 is 16.8 Å². The number of amides is 1. The summed E-state index contributed by atoms with van der Waals surface area (Å²) in [5, 5.41) is 8.29. The lowest BCUT2D eigenvalue weighted by molar-refractivity contribution is 0.0954. The summed E-state index contributed by atoms with van der Waals surface area (Å²) in [7, 11) is 5.94. The number of aromatic nitrogens is 3. The smallest absolute Gasteiger partial charge is 0.252 e. The topological polar surface area (TPSA) is 63.1 Å². The van der Waals surface area contributed by atoms with Gasteiger partial charge in [0.25, 0.3) is 5.91 Å². The van der Waals surface area contributed by atoms with Gasteiger partial charge >= 0.3 is 0 Å². The van der Waals surface area contributed by atoms with Gasteiger partial charge in [0.1, 0.15) is 0 Å². The highest BCUT2D eigenvalue weighted by Crippen LogP contribution is 2.26. The number of benzene rings is 1. The van der Waals surface area contributed by atoms with Crippen LogP contribution < -0.4 is 5.32 Å². The van der Waals surface area contributed by atoms with Crippen molar-refractivity contribution in [2.45, 2.75) is 13.3 Å². The van der Waals surface area contributed by atoms with E-state index in [0.717, 1.165) is 40.8 Å². The van der Waals surface area contributed by atoms with Crippen LogP contribution in [0.15, 0.2) is 36.5 Å². The van der Waals surface area contributed by atoms with Crippen LogP contribution in [-0.2, 0) is 7.05 Å². The van der Waals surface area contributed by atoms with Crippen LogP contribution in [0.4, 0.5) is 0 Å². The Morgan fingerprint density at radius 2 is 2.04 bits per heavy atom. The predicted octanol–water partition coefficient (Wildman–Crippen LogP) is 2.63. The Bertz CT molecular complexity index is 929. The van der Waals surface area contributed by atoms with E-state index < -0.39 is 0 Å². The molecule has 0 spiro atoms. The van der Waals surface area contributed by atoms with E-state index in [0.29, 0.717) is 12.1 Å². The summed E-state index contributed by atoms with van der Waals surface area (Å²) in [6, 6.07) is 9.62. The van der Waals surface area contributed by atoms with Crippen LogP contribution in [0, 0.1) is 6.92 Å². The van der Waals surface area contributed by atoms with Crippen LogP contribution in [0.5, 0.6) is 0 Å². The highest BCUT2D eigenvalue weighted by Gasteiger charge is 2.15. The third-order valence-corrected chi connectivity index (χ3v) is 4.32. The lowest BCUT2D eigenvalue weighted by Gasteiger charge is -2.12. The monoisotopic (exact) mass is 351 g/mol. The van der Waals surface area contributed by atoms with Crippen molar-refractivity contribution in [1.29, 1.82) is 0 Å². The van der Waals surface area contributed by atoms with Gasteiger partial charge in [-0.1, -0.05) is 18.2 Å². The third kappa shape index (κ3) is 3.91. The van der Waals surface area contributed by atoms with Crippen LogP contribution >= 0.6 is 0 Å². The zero-order chi connectivity index (χ0) is 18.7. The van der Waals surface area contributed by atoms with Gasteiger partial charge in [-0.05, 0) is 46.1 Å². The number of hydrogen-bond donors (Lipinski definition) is 1. The van der Waals surface area contributed by atoms with Gasteiger partial charge in [0.15, 0.2) is 0 Å². The standard InChI is InChI=1S/C20H25N5O/c1-14-17(13-25(4)23-14)19-12-16(15-8-5-6-9-18(15)22-19)20(26)21-10-7-11-24(2)3/h5-6,8-9,12-13H,7,10-11H2,1-4H3,(H,21,26). The second kappa shape index (κ2) is 7.66. The molecule has 136 valence electrons. The van der Waals surface area contributed by atoms with Crippen molar-refractivity contribution in [1.82, 2.24) is 25.0 Å². The molecule has 1 aromatic carbocycles. The summed E-state index contributed by atoms with van der Waals surface area (Å²) in [6.45, 7) is 3.54. The highest BCUT2D eigenvalue weighted by molar-refractivity contribution is 6.07. The maximum absolute atomic E-state index is 12.8. The minimum absolute atomic E-state index is 0.0647. The van der Waals surface area contributed by atoms with Gasteiger partial charge in [-0.25, -0.2) is 4.98 Å². The minimum Gasteiger partial charge on any atom is -0.352 e. The molecule has 0 saturated carbocycles. The minimum atomic E-state index is -0.0647. The fraction of sp³-hybridized carbons (Fsp3) is 0.350. The molecule has 0 saturated heterocycles. The van der Waals surface area contributed by atoms with E-state index in [1.165, 1.54) is 0 Å². The Balaban J connectivity index is 1.95. The maximum Gasteiger partial charge on any atom is 0.252 e. The molecule has 0 aliphatic carbocycles. The molecule has 0 aliphatic heterocycles. The van der Waals surface area contributed by atoms with E-state index in [9.17, 15) is 4.79 Å². The molecule has 1 N–H and O–H groups in total. The van der Waals surface area contributed by atoms with Crippen LogP contribution in [-0.4, -0.2) is 52.8 Å². The van der Waals surface area contributed by atoms with Gasteiger partial charge < -0.3 is 10.2 Å². The molecule has 0 fully saturated rings. The molecule has 3 rings (SSSR count). The lowest BCUT2D eigenvalue weighted by atomic mass is 10.0. The number of fused-ring (bicyclic) bond motifs is 1. The first-order chi connectivity index (χ1) is 12.5. The largest absolute Gasteiger partial charge is 0.352 e. The Hall–Kier alpha value is -2.73. The molecular weight excluding hydrogens is 326 g/mol. The number of aryl methyl sites for hydroxylation is 2. The molecule has 0 radical (unpaired) electrons. The first-order valence-electron chi connectivity index (χ1n) is 8.79. The average Bonchev–Trinajstić information content (AvgIpc) is 2.95. The normalized spacial score (nSPS) is 11.3. The third-order valence-electron chi connectivity index (χ3n) is 4.32. The summed E-state index contributed by atoms with van der Waals surface area (Å²) in [5.74, 6) is -0.0647. The fourth-order valence-corrected chi connectivity index (χ4v) is 3.04. The van der Waals surface area contributed by atoms with Crippen LogP contribution in [0.2, 0.25) is 0 Å². The molecule has 3 aromatic rings. The van der Waals surface area contributed by atoms with Crippen molar-refractivity contribution in [2.75, 3.05) is 27.2 Å². The Labute approximate surface area is 153 Å². The van der Waals surface area contributed by atoms with Gasteiger partial charge in [0.05, 0.1) is 22.5 Å². The number of pyridine rings is 1. The summed E-state index contributed by atoms with van der Waals surface area (Å²) in [6.07, 6.45) is 2.85. The van der Waals surface area contributed by atoms with Crippen LogP contribution in [0.3, 0.4) is 0 Å². The first kappa shape index (κ1) is 18.1. The number of para-hydroxylation sites is 1. The van der Waals surface area contributed by atoms with Gasteiger partial charge in [0.2, 0.25) is 0 Å². The Morgan fingerprint density at radius 3 is 2.73 bits per heavy atom. The number of nitrogens with zero attached hydrogens (tertiary/aromatic N) is 4. The molecule has 0 atom stereocenters. The van der Waals surface area contributed by atoms with E-state index >= 15 is 0 Å². The van der Waals surface area contributed by atoms with Gasteiger partial charge in [-0.2, -0.15) is 5.10 Å². The van der Waals surface area contributed by atoms with Gasteiger partial charge in [-0.15, -0.1) is 0 Å². The van der Waals surface area contributed by atoms with Gasteiger partial charge in [0, 0.05) is 30.7 Å². The molecular formula is C20H25N5O. The second-order valence-corrected chi connectivity index (χ2v) is 6.79. The van der Waals surface area contributed by atoms with Crippen LogP contribution in [0.25, 0.3) is 22.2 Å². The van der Waals surface area contributed by atoms with Crippen molar-refractivity contribution < 1.29 is 4.79 Å². The van der Waals surface area contributed by atoms with E-state index in [2.05, 4.69) is 15.3 Å². The van der Waals surface area contributed by atoms with Gasteiger partial charge in [-0.3, -0.25) is 9.48 Å². The van der Waals surface area contributed by atoms with E-state index in [4.69, 9.17) is 4.98 Å². The maximum atomic E-state index is 12.8. The first-order valence-corrected chi connectivity index (χ1v) is 8.79. The molecule has 6 nitrogen and oxygen atoms in total. The molecule has 0 bridgehead atoms. The number of rotatable bonds is 6. The molecule has 2 aromatic heterocycles. The van der Waals surface area contributed by atoms with E-state index in [-0.39, 0.29) is 5.91 Å². The zero-order valence-corrected chi connectivity index (χ0v) is 15.8. The summed E-state index contributed by atoms with van der Waals surface area (Å²) < 4.78 is 1.77. The lowest BCUT2D eigenvalue weighted by Crippen LogP contribution is -2.27. The molecule has 1 amide bonds. The number of carbonyl (C=O) groups is 1. The Kier molecular flexibility index (Phi) is 5.32. The van der Waals surface area contributed by atoms with Crippen molar-refractivity contribution in [3.8, 4) is 11.3 Å². The fourth-order valence-electron chi connectivity index (χ4n) is 3.04. The van der Waals surface area contributed by atoms with Crippen molar-refractivity contribution in [3.63, 3.8) is 0 Å². The Morgan fingerprint density at radius 1 is 1.27 bits per heavy atom. The van der Waals surface area contributed by atoms with E-state index in [1.807, 2.05) is 64.6 Å². The quantitative estimate of drug-likeness (QED) is 0.694. The zero-order valence-electron chi connectivity index (χ0n) is 15.8. The molecule has 0 unspecified atom stereocenters. The molecule has 6 heteroatoms. The molecule has 26 heavy (non-hydrogen) atoms. The molecule has 0 aliphatic rings. The second-order valence-electron chi connectivity index (χ2n) is 6.79. The summed E-state index contributed by atoms with van der Waals surface area (Å²) in [5.41, 5.74) is 4.07. The molecule has 2 heterocycles. The number of carbonyl (C=O) groups excluding carboxylic acids is 1. The number of nitrogens with one attached hydrogen (secondary N) is 1. The SMILES string of the molecule is Cc1nn(C)cc1-c1cc(C(=O)NCCCN(C)C)c2ccccc2n1. The predicted molar refractivity (Wildman–Crippen MR) is 104 cm³/mol.